The number of hydrogen-bond acceptors (Lipinski definition) is 4. The molecule has 1 heterocycles. The van der Waals surface area contributed by atoms with Crippen molar-refractivity contribution in [3.8, 4) is 5.75 Å². The van der Waals surface area contributed by atoms with Gasteiger partial charge in [0.2, 0.25) is 0 Å². The van der Waals surface area contributed by atoms with Crippen LogP contribution in [0.15, 0.2) is 12.1 Å². The molecule has 0 radical (unpaired) electrons. The van der Waals surface area contributed by atoms with Crippen molar-refractivity contribution in [2.75, 3.05) is 5.32 Å². The number of rotatable bonds is 2. The van der Waals surface area contributed by atoms with Gasteiger partial charge in [-0.05, 0) is 46.8 Å². The van der Waals surface area contributed by atoms with Gasteiger partial charge < -0.3 is 9.47 Å². The molecule has 0 atom stereocenters. The molecule has 5 nitrogen and oxygen atoms in total. The number of carbonyl (C=O) groups is 2. The normalized spacial score (nSPS) is 15.9. The summed E-state index contributed by atoms with van der Waals surface area (Å²) in [6.07, 6.45) is 0.875. The topological polar surface area (TPSA) is 64.6 Å². The van der Waals surface area contributed by atoms with Crippen LogP contribution in [0.1, 0.15) is 50.5 Å². The van der Waals surface area contributed by atoms with Crippen molar-refractivity contribution in [3.05, 3.63) is 23.3 Å². The van der Waals surface area contributed by atoms with Gasteiger partial charge in [0.15, 0.2) is 0 Å². The van der Waals surface area contributed by atoms with Crippen molar-refractivity contribution in [1.29, 1.82) is 0 Å². The Morgan fingerprint density at radius 1 is 1.38 bits per heavy atom. The van der Waals surface area contributed by atoms with Crippen LogP contribution < -0.4 is 10.1 Å². The molecule has 1 aliphatic rings. The Morgan fingerprint density at radius 2 is 2.05 bits per heavy atom. The van der Waals surface area contributed by atoms with Gasteiger partial charge >= 0.3 is 6.09 Å². The lowest BCUT2D eigenvalue weighted by Crippen LogP contribution is -2.28. The number of anilines is 1. The molecule has 1 aromatic rings. The van der Waals surface area contributed by atoms with Crippen molar-refractivity contribution < 1.29 is 19.1 Å². The van der Waals surface area contributed by atoms with Gasteiger partial charge in [-0.2, -0.15) is 0 Å². The fourth-order valence-corrected chi connectivity index (χ4v) is 2.31. The van der Waals surface area contributed by atoms with E-state index in [1.165, 1.54) is 0 Å². The highest BCUT2D eigenvalue weighted by Gasteiger charge is 2.33. The molecule has 1 amide bonds. The van der Waals surface area contributed by atoms with Crippen LogP contribution in [0.25, 0.3) is 0 Å². The SMILES string of the molecule is CC(C)(C)OC(=O)Nc1cc(C=O)cc2c1OC(C)(C)C2. The van der Waals surface area contributed by atoms with Crippen molar-refractivity contribution >= 4 is 18.1 Å². The minimum Gasteiger partial charge on any atom is -0.485 e. The van der Waals surface area contributed by atoms with Crippen molar-refractivity contribution in [1.82, 2.24) is 0 Å². The summed E-state index contributed by atoms with van der Waals surface area (Å²) in [5.41, 5.74) is 0.940. The van der Waals surface area contributed by atoms with Gasteiger partial charge in [0.25, 0.3) is 0 Å². The highest BCUT2D eigenvalue weighted by molar-refractivity contribution is 5.90. The molecule has 0 bridgehead atoms. The Kier molecular flexibility index (Phi) is 3.70. The quantitative estimate of drug-likeness (QED) is 0.846. The molecule has 0 fully saturated rings. The Balaban J connectivity index is 2.30. The second kappa shape index (κ2) is 5.06. The van der Waals surface area contributed by atoms with E-state index in [2.05, 4.69) is 5.32 Å². The molecular formula is C16H21NO4. The first-order valence-electron chi connectivity index (χ1n) is 6.91. The standard InChI is InChI=1S/C16H21NO4/c1-15(2,3)21-14(19)17-12-7-10(9-18)6-11-8-16(4,5)20-13(11)12/h6-7,9H,8H2,1-5H3,(H,17,19). The van der Waals surface area contributed by atoms with E-state index in [9.17, 15) is 9.59 Å². The molecule has 0 aromatic heterocycles. The number of ether oxygens (including phenoxy) is 2. The zero-order chi connectivity index (χ0) is 15.8. The summed E-state index contributed by atoms with van der Waals surface area (Å²) in [6.45, 7) is 9.30. The van der Waals surface area contributed by atoms with E-state index in [0.29, 0.717) is 23.4 Å². The summed E-state index contributed by atoms with van der Waals surface area (Å²) in [7, 11) is 0. The number of benzene rings is 1. The zero-order valence-electron chi connectivity index (χ0n) is 13.1. The smallest absolute Gasteiger partial charge is 0.412 e. The van der Waals surface area contributed by atoms with Crippen molar-refractivity contribution in [2.24, 2.45) is 0 Å². The Morgan fingerprint density at radius 3 is 2.62 bits per heavy atom. The molecule has 21 heavy (non-hydrogen) atoms. The largest absolute Gasteiger partial charge is 0.485 e. The van der Waals surface area contributed by atoms with Gasteiger partial charge in [-0.25, -0.2) is 4.79 Å². The van der Waals surface area contributed by atoms with Gasteiger partial charge in [0.05, 0.1) is 5.69 Å². The minimum atomic E-state index is -0.588. The molecule has 0 saturated carbocycles. The maximum atomic E-state index is 11.9. The Bertz CT molecular complexity index is 585. The van der Waals surface area contributed by atoms with E-state index in [1.54, 1.807) is 32.9 Å². The predicted octanol–water partition coefficient (Wildman–Crippen LogP) is 3.56. The summed E-state index contributed by atoms with van der Waals surface area (Å²) >= 11 is 0. The highest BCUT2D eigenvalue weighted by atomic mass is 16.6. The fourth-order valence-electron chi connectivity index (χ4n) is 2.31. The molecule has 114 valence electrons. The predicted molar refractivity (Wildman–Crippen MR) is 80.1 cm³/mol. The third kappa shape index (κ3) is 3.74. The van der Waals surface area contributed by atoms with Gasteiger partial charge in [0, 0.05) is 17.5 Å². The van der Waals surface area contributed by atoms with Crippen LogP contribution in [0.2, 0.25) is 0 Å². The summed E-state index contributed by atoms with van der Waals surface area (Å²) in [5, 5.41) is 2.67. The molecule has 0 spiro atoms. The molecule has 1 aromatic carbocycles. The number of amides is 1. The maximum absolute atomic E-state index is 11.9. The van der Waals surface area contributed by atoms with Crippen LogP contribution >= 0.6 is 0 Å². The molecule has 0 saturated heterocycles. The third-order valence-electron chi connectivity index (χ3n) is 2.95. The van der Waals surface area contributed by atoms with Gasteiger partial charge in [-0.1, -0.05) is 0 Å². The minimum absolute atomic E-state index is 0.353. The van der Waals surface area contributed by atoms with Gasteiger partial charge in [-0.3, -0.25) is 10.1 Å². The third-order valence-corrected chi connectivity index (χ3v) is 2.95. The second-order valence-electron chi connectivity index (χ2n) is 6.84. The highest BCUT2D eigenvalue weighted by Crippen LogP contribution is 2.41. The molecular weight excluding hydrogens is 270 g/mol. The molecule has 1 N–H and O–H groups in total. The Hall–Kier alpha value is -2.04. The van der Waals surface area contributed by atoms with Crippen LogP contribution in [0.4, 0.5) is 10.5 Å². The van der Waals surface area contributed by atoms with E-state index in [0.717, 1.165) is 11.8 Å². The fraction of sp³-hybridized carbons (Fsp3) is 0.500. The average molecular weight is 291 g/mol. The van der Waals surface area contributed by atoms with Crippen LogP contribution in [-0.2, 0) is 11.2 Å². The van der Waals surface area contributed by atoms with E-state index in [4.69, 9.17) is 9.47 Å². The van der Waals surface area contributed by atoms with Crippen molar-refractivity contribution in [3.63, 3.8) is 0 Å². The van der Waals surface area contributed by atoms with Crippen LogP contribution in [0, 0.1) is 0 Å². The lowest BCUT2D eigenvalue weighted by molar-refractivity contribution is 0.0633. The number of hydrogen-bond donors (Lipinski definition) is 1. The van der Waals surface area contributed by atoms with Crippen LogP contribution in [0.3, 0.4) is 0 Å². The monoisotopic (exact) mass is 291 g/mol. The Labute approximate surface area is 124 Å². The molecule has 2 rings (SSSR count). The van der Waals surface area contributed by atoms with Gasteiger partial charge in [0.1, 0.15) is 23.2 Å². The number of carbonyl (C=O) groups excluding carboxylic acids is 2. The lowest BCUT2D eigenvalue weighted by Gasteiger charge is -2.21. The number of fused-ring (bicyclic) bond motifs is 1. The first-order valence-corrected chi connectivity index (χ1v) is 6.91. The average Bonchev–Trinajstić information content (AvgIpc) is 2.60. The van der Waals surface area contributed by atoms with E-state index < -0.39 is 11.7 Å². The summed E-state index contributed by atoms with van der Waals surface area (Å²) in [5.74, 6) is 0.608. The maximum Gasteiger partial charge on any atom is 0.412 e. The van der Waals surface area contributed by atoms with E-state index in [-0.39, 0.29) is 5.60 Å². The zero-order valence-corrected chi connectivity index (χ0v) is 13.1. The van der Waals surface area contributed by atoms with Crippen LogP contribution in [0.5, 0.6) is 5.75 Å². The first kappa shape index (κ1) is 15.4. The number of aldehydes is 1. The first-order chi connectivity index (χ1) is 9.59. The lowest BCUT2D eigenvalue weighted by atomic mass is 10.00. The summed E-state index contributed by atoms with van der Waals surface area (Å²) in [6, 6.07) is 3.38. The molecule has 0 aliphatic carbocycles. The van der Waals surface area contributed by atoms with E-state index in [1.807, 2.05) is 13.8 Å². The number of nitrogens with one attached hydrogen (secondary N) is 1. The molecule has 0 unspecified atom stereocenters. The van der Waals surface area contributed by atoms with E-state index >= 15 is 0 Å². The molecule has 5 heteroatoms. The van der Waals surface area contributed by atoms with Crippen molar-refractivity contribution in [2.45, 2.75) is 52.2 Å². The summed E-state index contributed by atoms with van der Waals surface area (Å²) < 4.78 is 11.1. The van der Waals surface area contributed by atoms with Crippen LogP contribution in [-0.4, -0.2) is 23.6 Å². The second-order valence-corrected chi connectivity index (χ2v) is 6.84. The summed E-state index contributed by atoms with van der Waals surface area (Å²) in [4.78, 5) is 23.0. The van der Waals surface area contributed by atoms with Gasteiger partial charge in [-0.15, -0.1) is 0 Å². The molecule has 1 aliphatic heterocycles.